The number of nitrogens with one attached hydrogen (secondary N) is 1. The van der Waals surface area contributed by atoms with Gasteiger partial charge in [-0.05, 0) is 30.5 Å². The minimum absolute atomic E-state index is 0.142. The number of hydrogen-bond donors (Lipinski definition) is 2. The summed E-state index contributed by atoms with van der Waals surface area (Å²) in [5.41, 5.74) is 1.10. The van der Waals surface area contributed by atoms with Crippen molar-refractivity contribution in [2.75, 3.05) is 0 Å². The molecular formula is C12H18ClNO. The van der Waals surface area contributed by atoms with Crippen molar-refractivity contribution in [1.82, 2.24) is 5.32 Å². The molecule has 0 saturated heterocycles. The monoisotopic (exact) mass is 227 g/mol. The largest absolute Gasteiger partial charge is 0.506 e. The maximum absolute atomic E-state index is 9.26. The van der Waals surface area contributed by atoms with E-state index in [1.54, 1.807) is 12.1 Å². The van der Waals surface area contributed by atoms with Crippen LogP contribution < -0.4 is 5.32 Å². The molecule has 2 nitrogen and oxygen atoms in total. The number of halogens is 1. The second kappa shape index (κ2) is 5.99. The van der Waals surface area contributed by atoms with Gasteiger partial charge in [-0.25, -0.2) is 0 Å². The number of phenols is 1. The second-order valence-electron chi connectivity index (χ2n) is 3.68. The van der Waals surface area contributed by atoms with Crippen LogP contribution in [-0.2, 0) is 6.54 Å². The SMILES string of the molecule is CCC(CC)NCc1ccc(O)c(Cl)c1. The summed E-state index contributed by atoms with van der Waals surface area (Å²) in [5.74, 6) is 0.142. The molecule has 0 atom stereocenters. The van der Waals surface area contributed by atoms with Gasteiger partial charge in [0.1, 0.15) is 5.75 Å². The summed E-state index contributed by atoms with van der Waals surface area (Å²) in [4.78, 5) is 0. The minimum Gasteiger partial charge on any atom is -0.506 e. The molecule has 15 heavy (non-hydrogen) atoms. The van der Waals surface area contributed by atoms with Crippen LogP contribution >= 0.6 is 11.6 Å². The lowest BCUT2D eigenvalue weighted by atomic mass is 10.1. The zero-order chi connectivity index (χ0) is 11.3. The molecule has 0 aliphatic carbocycles. The summed E-state index contributed by atoms with van der Waals surface area (Å²) in [5, 5.41) is 13.1. The van der Waals surface area contributed by atoms with Crippen molar-refractivity contribution in [3.05, 3.63) is 28.8 Å². The lowest BCUT2D eigenvalue weighted by Crippen LogP contribution is -2.26. The van der Waals surface area contributed by atoms with Gasteiger partial charge < -0.3 is 10.4 Å². The molecule has 3 heteroatoms. The van der Waals surface area contributed by atoms with Crippen LogP contribution in [0.4, 0.5) is 0 Å². The zero-order valence-corrected chi connectivity index (χ0v) is 10.0. The molecule has 0 radical (unpaired) electrons. The molecule has 0 aliphatic heterocycles. The van der Waals surface area contributed by atoms with Crippen LogP contribution in [0.15, 0.2) is 18.2 Å². The summed E-state index contributed by atoms with van der Waals surface area (Å²) < 4.78 is 0. The fourth-order valence-corrected chi connectivity index (χ4v) is 1.70. The second-order valence-corrected chi connectivity index (χ2v) is 4.09. The van der Waals surface area contributed by atoms with E-state index in [2.05, 4.69) is 19.2 Å². The van der Waals surface area contributed by atoms with E-state index in [0.29, 0.717) is 11.1 Å². The highest BCUT2D eigenvalue weighted by atomic mass is 35.5. The first-order valence-corrected chi connectivity index (χ1v) is 5.76. The van der Waals surface area contributed by atoms with E-state index in [9.17, 15) is 5.11 Å². The smallest absolute Gasteiger partial charge is 0.134 e. The number of aromatic hydroxyl groups is 1. The molecule has 0 fully saturated rings. The maximum Gasteiger partial charge on any atom is 0.134 e. The van der Waals surface area contributed by atoms with Crippen LogP contribution in [0.1, 0.15) is 32.3 Å². The van der Waals surface area contributed by atoms with Gasteiger partial charge in [0.15, 0.2) is 0 Å². The number of benzene rings is 1. The highest BCUT2D eigenvalue weighted by molar-refractivity contribution is 6.32. The number of rotatable bonds is 5. The van der Waals surface area contributed by atoms with Crippen molar-refractivity contribution < 1.29 is 5.11 Å². The molecule has 0 aliphatic rings. The van der Waals surface area contributed by atoms with Crippen LogP contribution in [-0.4, -0.2) is 11.1 Å². The van der Waals surface area contributed by atoms with Gasteiger partial charge in [0.2, 0.25) is 0 Å². The molecule has 1 aromatic carbocycles. The number of hydrogen-bond acceptors (Lipinski definition) is 2. The third-order valence-electron chi connectivity index (χ3n) is 2.59. The quantitative estimate of drug-likeness (QED) is 0.809. The van der Waals surface area contributed by atoms with Crippen molar-refractivity contribution >= 4 is 11.6 Å². The molecule has 2 N–H and O–H groups in total. The highest BCUT2D eigenvalue weighted by Gasteiger charge is 2.03. The van der Waals surface area contributed by atoms with Gasteiger partial charge in [0.05, 0.1) is 5.02 Å². The molecule has 1 rings (SSSR count). The maximum atomic E-state index is 9.26. The average molecular weight is 228 g/mol. The van der Waals surface area contributed by atoms with Crippen LogP contribution in [0.3, 0.4) is 0 Å². The van der Waals surface area contributed by atoms with E-state index >= 15 is 0 Å². The Labute approximate surface area is 96.3 Å². The molecule has 84 valence electrons. The first-order chi connectivity index (χ1) is 7.17. The third kappa shape index (κ3) is 3.73. The van der Waals surface area contributed by atoms with E-state index in [-0.39, 0.29) is 5.75 Å². The normalized spacial score (nSPS) is 10.9. The van der Waals surface area contributed by atoms with E-state index in [1.807, 2.05) is 6.07 Å². The molecule has 0 unspecified atom stereocenters. The van der Waals surface area contributed by atoms with Gasteiger partial charge in [-0.3, -0.25) is 0 Å². The van der Waals surface area contributed by atoms with Gasteiger partial charge in [-0.2, -0.15) is 0 Å². The Kier molecular flexibility index (Phi) is 4.92. The lowest BCUT2D eigenvalue weighted by Gasteiger charge is -2.14. The molecule has 0 saturated carbocycles. The van der Waals surface area contributed by atoms with Crippen LogP contribution in [0, 0.1) is 0 Å². The Morgan fingerprint density at radius 1 is 1.33 bits per heavy atom. The van der Waals surface area contributed by atoms with Crippen molar-refractivity contribution in [3.63, 3.8) is 0 Å². The Morgan fingerprint density at radius 3 is 2.53 bits per heavy atom. The summed E-state index contributed by atoms with van der Waals surface area (Å²) in [6.45, 7) is 5.14. The van der Waals surface area contributed by atoms with Gasteiger partial charge in [-0.15, -0.1) is 0 Å². The third-order valence-corrected chi connectivity index (χ3v) is 2.90. The van der Waals surface area contributed by atoms with E-state index in [1.165, 1.54) is 0 Å². The molecule has 1 aromatic rings. The van der Waals surface area contributed by atoms with E-state index < -0.39 is 0 Å². The van der Waals surface area contributed by atoms with E-state index in [4.69, 9.17) is 11.6 Å². The molecular weight excluding hydrogens is 210 g/mol. The summed E-state index contributed by atoms with van der Waals surface area (Å²) in [7, 11) is 0. The lowest BCUT2D eigenvalue weighted by molar-refractivity contribution is 0.472. The standard InChI is InChI=1S/C12H18ClNO/c1-3-10(4-2)14-8-9-5-6-12(15)11(13)7-9/h5-7,10,14-15H,3-4,8H2,1-2H3. The molecule has 0 amide bonds. The average Bonchev–Trinajstić information content (AvgIpc) is 2.24. The Balaban J connectivity index is 2.54. The van der Waals surface area contributed by atoms with Crippen LogP contribution in [0.5, 0.6) is 5.75 Å². The van der Waals surface area contributed by atoms with Gasteiger partial charge >= 0.3 is 0 Å². The van der Waals surface area contributed by atoms with Crippen molar-refractivity contribution in [1.29, 1.82) is 0 Å². The molecule has 0 heterocycles. The summed E-state index contributed by atoms with van der Waals surface area (Å²) in [6, 6.07) is 5.87. The predicted octanol–water partition coefficient (Wildman–Crippen LogP) is 3.32. The van der Waals surface area contributed by atoms with Crippen LogP contribution in [0.25, 0.3) is 0 Å². The Bertz CT molecular complexity index is 310. The number of phenolic OH excluding ortho intramolecular Hbond substituents is 1. The fraction of sp³-hybridized carbons (Fsp3) is 0.500. The zero-order valence-electron chi connectivity index (χ0n) is 9.26. The predicted molar refractivity (Wildman–Crippen MR) is 64.3 cm³/mol. The van der Waals surface area contributed by atoms with Gasteiger partial charge in [0, 0.05) is 12.6 Å². The van der Waals surface area contributed by atoms with Crippen molar-refractivity contribution in [2.24, 2.45) is 0 Å². The highest BCUT2D eigenvalue weighted by Crippen LogP contribution is 2.23. The van der Waals surface area contributed by atoms with Crippen LogP contribution in [0.2, 0.25) is 5.02 Å². The molecule has 0 spiro atoms. The molecule has 0 bridgehead atoms. The summed E-state index contributed by atoms with van der Waals surface area (Å²) >= 11 is 5.82. The topological polar surface area (TPSA) is 32.3 Å². The van der Waals surface area contributed by atoms with E-state index in [0.717, 1.165) is 24.9 Å². The van der Waals surface area contributed by atoms with Crippen molar-refractivity contribution in [2.45, 2.75) is 39.3 Å². The van der Waals surface area contributed by atoms with Gasteiger partial charge in [0.25, 0.3) is 0 Å². The van der Waals surface area contributed by atoms with Crippen molar-refractivity contribution in [3.8, 4) is 5.75 Å². The Hall–Kier alpha value is -0.730. The summed E-state index contributed by atoms with van der Waals surface area (Å²) in [6.07, 6.45) is 2.25. The Morgan fingerprint density at radius 2 is 2.00 bits per heavy atom. The fourth-order valence-electron chi connectivity index (χ4n) is 1.50. The molecule has 0 aromatic heterocycles. The minimum atomic E-state index is 0.142. The van der Waals surface area contributed by atoms with Gasteiger partial charge in [-0.1, -0.05) is 31.5 Å². The first kappa shape index (κ1) is 12.3. The first-order valence-electron chi connectivity index (χ1n) is 5.38.